The van der Waals surface area contributed by atoms with E-state index in [2.05, 4.69) is 10.3 Å². The van der Waals surface area contributed by atoms with Gasteiger partial charge in [-0.05, 0) is 13.3 Å². The molecule has 0 bridgehead atoms. The number of aryl methyl sites for hydroxylation is 1. The SMILES string of the molecule is Cc1cn(C2CCC(=O)NC2=O)c(=O)[nH]1. The predicted molar refractivity (Wildman–Crippen MR) is 51.2 cm³/mol. The summed E-state index contributed by atoms with van der Waals surface area (Å²) in [5.41, 5.74) is 0.381. The molecule has 0 spiro atoms. The van der Waals surface area contributed by atoms with Crippen molar-refractivity contribution in [2.24, 2.45) is 0 Å². The molecular formula is C9H11N3O3. The van der Waals surface area contributed by atoms with Crippen molar-refractivity contribution in [2.75, 3.05) is 0 Å². The Balaban J connectivity index is 2.32. The van der Waals surface area contributed by atoms with Gasteiger partial charge in [-0.15, -0.1) is 0 Å². The maximum atomic E-state index is 11.5. The van der Waals surface area contributed by atoms with E-state index in [0.717, 1.165) is 0 Å². The highest BCUT2D eigenvalue weighted by Gasteiger charge is 2.28. The summed E-state index contributed by atoms with van der Waals surface area (Å²) in [7, 11) is 0. The smallest absolute Gasteiger partial charge is 0.310 e. The van der Waals surface area contributed by atoms with Crippen LogP contribution in [0.3, 0.4) is 0 Å². The predicted octanol–water partition coefficient (Wildman–Crippen LogP) is -0.537. The van der Waals surface area contributed by atoms with Gasteiger partial charge < -0.3 is 4.98 Å². The zero-order chi connectivity index (χ0) is 11.0. The number of carbonyl (C=O) groups excluding carboxylic acids is 2. The van der Waals surface area contributed by atoms with Gasteiger partial charge in [-0.1, -0.05) is 0 Å². The lowest BCUT2D eigenvalue weighted by Gasteiger charge is -2.20. The number of piperidine rings is 1. The fourth-order valence-corrected chi connectivity index (χ4v) is 1.71. The van der Waals surface area contributed by atoms with E-state index >= 15 is 0 Å². The second-order valence-electron chi connectivity index (χ2n) is 3.62. The fraction of sp³-hybridized carbons (Fsp3) is 0.444. The molecule has 0 saturated carbocycles. The molecule has 15 heavy (non-hydrogen) atoms. The molecule has 1 aromatic rings. The Morgan fingerprint density at radius 3 is 2.67 bits per heavy atom. The van der Waals surface area contributed by atoms with Crippen LogP contribution in [-0.4, -0.2) is 21.4 Å². The van der Waals surface area contributed by atoms with E-state index < -0.39 is 11.9 Å². The van der Waals surface area contributed by atoms with Crippen LogP contribution in [-0.2, 0) is 9.59 Å². The number of imide groups is 1. The van der Waals surface area contributed by atoms with Crippen molar-refractivity contribution in [3.05, 3.63) is 22.4 Å². The van der Waals surface area contributed by atoms with Crippen LogP contribution in [0.4, 0.5) is 0 Å². The third kappa shape index (κ3) is 1.70. The molecule has 2 heterocycles. The van der Waals surface area contributed by atoms with Crippen molar-refractivity contribution in [1.29, 1.82) is 0 Å². The van der Waals surface area contributed by atoms with Gasteiger partial charge in [-0.2, -0.15) is 0 Å². The summed E-state index contributed by atoms with van der Waals surface area (Å²) in [4.78, 5) is 36.4. The highest BCUT2D eigenvalue weighted by Crippen LogP contribution is 2.16. The first-order valence-corrected chi connectivity index (χ1v) is 4.69. The largest absolute Gasteiger partial charge is 0.326 e. The lowest BCUT2D eigenvalue weighted by Crippen LogP contribution is -2.43. The van der Waals surface area contributed by atoms with Crippen LogP contribution in [0.5, 0.6) is 0 Å². The molecule has 2 amide bonds. The maximum Gasteiger partial charge on any atom is 0.326 e. The summed E-state index contributed by atoms with van der Waals surface area (Å²) in [5.74, 6) is -0.691. The van der Waals surface area contributed by atoms with E-state index in [9.17, 15) is 14.4 Å². The zero-order valence-electron chi connectivity index (χ0n) is 8.24. The van der Waals surface area contributed by atoms with Crippen LogP contribution < -0.4 is 11.0 Å². The molecule has 6 heteroatoms. The standard InChI is InChI=1S/C9H11N3O3/c1-5-4-12(9(15)10-5)6-2-3-7(13)11-8(6)14/h4,6H,2-3H2,1H3,(H,10,15)(H,11,13,14). The van der Waals surface area contributed by atoms with Crippen molar-refractivity contribution in [3.8, 4) is 0 Å². The van der Waals surface area contributed by atoms with E-state index in [1.54, 1.807) is 13.1 Å². The van der Waals surface area contributed by atoms with E-state index in [-0.39, 0.29) is 18.0 Å². The number of hydrogen-bond acceptors (Lipinski definition) is 3. The summed E-state index contributed by atoms with van der Waals surface area (Å²) >= 11 is 0. The minimum absolute atomic E-state index is 0.271. The Labute approximate surface area is 85.3 Å². The fourth-order valence-electron chi connectivity index (χ4n) is 1.71. The Kier molecular flexibility index (Phi) is 2.18. The minimum atomic E-state index is -0.569. The number of hydrogen-bond donors (Lipinski definition) is 2. The van der Waals surface area contributed by atoms with Crippen molar-refractivity contribution < 1.29 is 9.59 Å². The number of H-pyrrole nitrogens is 1. The molecular weight excluding hydrogens is 198 g/mol. The minimum Gasteiger partial charge on any atom is -0.310 e. The molecule has 1 fully saturated rings. The quantitative estimate of drug-likeness (QED) is 0.609. The highest BCUT2D eigenvalue weighted by molar-refractivity contribution is 5.99. The van der Waals surface area contributed by atoms with Crippen LogP contribution in [0.25, 0.3) is 0 Å². The van der Waals surface area contributed by atoms with Gasteiger partial charge in [0.2, 0.25) is 11.8 Å². The Morgan fingerprint density at radius 1 is 1.40 bits per heavy atom. The monoisotopic (exact) mass is 209 g/mol. The third-order valence-corrected chi connectivity index (χ3v) is 2.42. The molecule has 0 aromatic carbocycles. The van der Waals surface area contributed by atoms with E-state index in [0.29, 0.717) is 12.1 Å². The van der Waals surface area contributed by atoms with Crippen molar-refractivity contribution >= 4 is 11.8 Å². The number of aromatic nitrogens is 2. The van der Waals surface area contributed by atoms with Gasteiger partial charge in [0.15, 0.2) is 0 Å². The van der Waals surface area contributed by atoms with Gasteiger partial charge in [0, 0.05) is 18.3 Å². The normalized spacial score (nSPS) is 21.5. The Bertz CT molecular complexity index is 471. The molecule has 1 unspecified atom stereocenters. The summed E-state index contributed by atoms with van der Waals surface area (Å²) in [6.07, 6.45) is 2.23. The van der Waals surface area contributed by atoms with Gasteiger partial charge in [0.1, 0.15) is 6.04 Å². The van der Waals surface area contributed by atoms with Gasteiger partial charge in [-0.25, -0.2) is 4.79 Å². The molecule has 0 radical (unpaired) electrons. The van der Waals surface area contributed by atoms with Crippen molar-refractivity contribution in [3.63, 3.8) is 0 Å². The Hall–Kier alpha value is -1.85. The number of amides is 2. The second-order valence-corrected chi connectivity index (χ2v) is 3.62. The molecule has 80 valence electrons. The Morgan fingerprint density at radius 2 is 2.13 bits per heavy atom. The molecule has 1 aliphatic rings. The van der Waals surface area contributed by atoms with Crippen LogP contribution in [0.2, 0.25) is 0 Å². The van der Waals surface area contributed by atoms with Gasteiger partial charge >= 0.3 is 5.69 Å². The average Bonchev–Trinajstić information content (AvgIpc) is 2.45. The van der Waals surface area contributed by atoms with Crippen LogP contribution >= 0.6 is 0 Å². The maximum absolute atomic E-state index is 11.5. The molecule has 1 aromatic heterocycles. The molecule has 1 aliphatic heterocycles. The first-order valence-electron chi connectivity index (χ1n) is 4.69. The zero-order valence-corrected chi connectivity index (χ0v) is 8.24. The second kappa shape index (κ2) is 3.38. The third-order valence-electron chi connectivity index (χ3n) is 2.42. The number of carbonyl (C=O) groups is 2. The topological polar surface area (TPSA) is 84.0 Å². The van der Waals surface area contributed by atoms with Crippen molar-refractivity contribution in [2.45, 2.75) is 25.8 Å². The number of rotatable bonds is 1. The molecule has 6 nitrogen and oxygen atoms in total. The molecule has 1 atom stereocenters. The summed E-state index contributed by atoms with van der Waals surface area (Å²) in [6, 6.07) is -0.569. The molecule has 1 saturated heterocycles. The summed E-state index contributed by atoms with van der Waals surface area (Å²) < 4.78 is 1.33. The van der Waals surface area contributed by atoms with Gasteiger partial charge in [0.25, 0.3) is 0 Å². The van der Waals surface area contributed by atoms with Crippen LogP contribution in [0.1, 0.15) is 24.6 Å². The number of nitrogens with zero attached hydrogens (tertiary/aromatic N) is 1. The average molecular weight is 209 g/mol. The van der Waals surface area contributed by atoms with E-state index in [4.69, 9.17) is 0 Å². The first-order chi connectivity index (χ1) is 7.08. The number of nitrogens with one attached hydrogen (secondary N) is 2. The van der Waals surface area contributed by atoms with Gasteiger partial charge in [0.05, 0.1) is 0 Å². The lowest BCUT2D eigenvalue weighted by molar-refractivity contribution is -0.135. The molecule has 2 N–H and O–H groups in total. The lowest BCUT2D eigenvalue weighted by atomic mass is 10.1. The van der Waals surface area contributed by atoms with E-state index in [1.165, 1.54) is 4.57 Å². The molecule has 0 aliphatic carbocycles. The van der Waals surface area contributed by atoms with Crippen LogP contribution in [0.15, 0.2) is 11.0 Å². The number of imidazole rings is 1. The summed E-state index contributed by atoms with van der Waals surface area (Å²) in [5, 5.41) is 2.21. The van der Waals surface area contributed by atoms with E-state index in [1.807, 2.05) is 0 Å². The highest BCUT2D eigenvalue weighted by atomic mass is 16.2. The number of aromatic amines is 1. The van der Waals surface area contributed by atoms with Crippen LogP contribution in [0, 0.1) is 6.92 Å². The molecule has 2 rings (SSSR count). The van der Waals surface area contributed by atoms with Crippen molar-refractivity contribution in [1.82, 2.24) is 14.9 Å². The summed E-state index contributed by atoms with van der Waals surface area (Å²) in [6.45, 7) is 1.74. The van der Waals surface area contributed by atoms with Gasteiger partial charge in [-0.3, -0.25) is 19.5 Å². The first kappa shape index (κ1) is 9.70.